The lowest BCUT2D eigenvalue weighted by Crippen LogP contribution is -2.48. The number of thiophene rings is 2. The predicted molar refractivity (Wildman–Crippen MR) is 227 cm³/mol. The molecule has 8 heteroatoms. The Bertz CT molecular complexity index is 1200. The summed E-state index contributed by atoms with van der Waals surface area (Å²) in [4.78, 5) is 33.2. The standard InChI is InChI=1S/C22H36N2S.C18H34O2.C4H6N2S/c1-3-5-7-9-11-13-15-19-20(16-14-12-10-8-6-4-2)24-22-18-25-17-21(22)23-19;1-3-5-7-9-11-13-15-17(19)18(20)16-14-12-10-8-6-4-2;5-3-1-7-2-4(3)6/h17-18H,3-16H2,1-2H3;3-16H2,1-2H3;1-2H,5-6H2/p+2. The van der Waals surface area contributed by atoms with Gasteiger partial charge in [0.1, 0.15) is 0 Å². The van der Waals surface area contributed by atoms with Crippen molar-refractivity contribution in [3.8, 4) is 0 Å². The van der Waals surface area contributed by atoms with Crippen LogP contribution in [0, 0.1) is 0 Å². The number of Topliss-reactive ketones (excluding diaryl/α,β-unsaturated/α-hetero) is 2. The van der Waals surface area contributed by atoms with Crippen molar-refractivity contribution in [2.75, 3.05) is 0 Å². The van der Waals surface area contributed by atoms with Crippen molar-refractivity contribution < 1.29 is 21.1 Å². The van der Waals surface area contributed by atoms with Gasteiger partial charge in [0, 0.05) is 23.6 Å². The Kier molecular flexibility index (Phi) is 31.0. The van der Waals surface area contributed by atoms with Crippen molar-refractivity contribution in [3.05, 3.63) is 32.9 Å². The van der Waals surface area contributed by atoms with E-state index in [9.17, 15) is 9.59 Å². The Morgan fingerprint density at radius 3 is 1.04 bits per heavy atom. The zero-order valence-electron chi connectivity index (χ0n) is 34.1. The van der Waals surface area contributed by atoms with E-state index in [1.807, 2.05) is 10.8 Å². The van der Waals surface area contributed by atoms with Crippen LogP contribution in [0.3, 0.4) is 0 Å². The summed E-state index contributed by atoms with van der Waals surface area (Å²) in [6.07, 6.45) is 33.2. The molecule has 0 aliphatic carbocycles. The number of aryl methyl sites for hydroxylation is 2. The average Bonchev–Trinajstić information content (AvgIpc) is 3.77. The first-order valence-electron chi connectivity index (χ1n) is 21.3. The van der Waals surface area contributed by atoms with E-state index in [4.69, 9.17) is 9.97 Å². The Labute approximate surface area is 326 Å². The molecule has 3 rings (SSSR count). The van der Waals surface area contributed by atoms with Crippen LogP contribution in [0.15, 0.2) is 21.5 Å². The van der Waals surface area contributed by atoms with Crippen LogP contribution >= 0.6 is 22.7 Å². The largest absolute Gasteiger partial charge is 0.319 e. The number of quaternary nitrogens is 2. The van der Waals surface area contributed by atoms with Gasteiger partial charge in [0.25, 0.3) is 0 Å². The van der Waals surface area contributed by atoms with Crippen LogP contribution in [0.2, 0.25) is 0 Å². The highest BCUT2D eigenvalue weighted by Gasteiger charge is 2.12. The molecule has 0 radical (unpaired) electrons. The molecule has 3 aromatic heterocycles. The molecule has 0 spiro atoms. The first-order valence-corrected chi connectivity index (χ1v) is 23.2. The third-order valence-electron chi connectivity index (χ3n) is 9.66. The smallest absolute Gasteiger partial charge is 0.200 e. The van der Waals surface area contributed by atoms with Crippen molar-refractivity contribution in [1.29, 1.82) is 0 Å². The minimum Gasteiger partial charge on any atom is -0.319 e. The average molecular weight is 759 g/mol. The van der Waals surface area contributed by atoms with Crippen molar-refractivity contribution >= 4 is 56.6 Å². The van der Waals surface area contributed by atoms with E-state index in [0.717, 1.165) is 60.9 Å². The van der Waals surface area contributed by atoms with Gasteiger partial charge in [-0.1, -0.05) is 156 Å². The maximum atomic E-state index is 11.6. The molecule has 0 aromatic carbocycles. The number of fused-ring (bicyclic) bond motifs is 1. The van der Waals surface area contributed by atoms with Crippen LogP contribution < -0.4 is 11.5 Å². The van der Waals surface area contributed by atoms with Gasteiger partial charge in [-0.15, -0.1) is 22.7 Å². The Hall–Kier alpha value is -2.00. The highest BCUT2D eigenvalue weighted by Crippen LogP contribution is 2.21. The molecule has 0 fully saturated rings. The number of rotatable bonds is 29. The van der Waals surface area contributed by atoms with Crippen LogP contribution in [0.1, 0.15) is 206 Å². The van der Waals surface area contributed by atoms with E-state index in [-0.39, 0.29) is 11.6 Å². The fraction of sp³-hybridized carbons (Fsp3) is 0.727. The summed E-state index contributed by atoms with van der Waals surface area (Å²) in [6.45, 7) is 8.95. The van der Waals surface area contributed by atoms with Crippen LogP contribution in [0.25, 0.3) is 11.0 Å². The predicted octanol–water partition coefficient (Wildman–Crippen LogP) is 12.6. The molecule has 6 N–H and O–H groups in total. The van der Waals surface area contributed by atoms with Crippen LogP contribution in [0.5, 0.6) is 0 Å². The molecule has 0 saturated carbocycles. The zero-order valence-corrected chi connectivity index (χ0v) is 35.7. The van der Waals surface area contributed by atoms with Crippen LogP contribution in [-0.4, -0.2) is 21.5 Å². The van der Waals surface area contributed by atoms with E-state index in [2.05, 4.69) is 49.9 Å². The normalized spacial score (nSPS) is 10.9. The van der Waals surface area contributed by atoms with Crippen LogP contribution in [0.4, 0.5) is 11.4 Å². The number of carbonyl (C=O) groups is 2. The first-order chi connectivity index (χ1) is 25.4. The third kappa shape index (κ3) is 24.3. The Morgan fingerprint density at radius 1 is 0.442 bits per heavy atom. The molecule has 0 amide bonds. The second kappa shape index (κ2) is 33.6. The maximum absolute atomic E-state index is 11.6. The summed E-state index contributed by atoms with van der Waals surface area (Å²) in [5.74, 6) is -0.261. The minimum atomic E-state index is -0.131. The van der Waals surface area contributed by atoms with Crippen molar-refractivity contribution in [2.45, 2.75) is 207 Å². The Morgan fingerprint density at radius 2 is 0.731 bits per heavy atom. The zero-order chi connectivity index (χ0) is 38.1. The molecule has 0 aliphatic heterocycles. The van der Waals surface area contributed by atoms with Gasteiger partial charge in [-0.3, -0.25) is 9.59 Å². The van der Waals surface area contributed by atoms with Gasteiger partial charge in [0.05, 0.1) is 33.2 Å². The number of aromatic nitrogens is 2. The SMILES string of the molecule is CCCCCCCCC(=O)C(=O)CCCCCCCC.CCCCCCCCc1nc2cscc2nc1CCCCCCCC.[NH3+]c1cscc1[NH3+]. The number of hydrogen-bond donors (Lipinski definition) is 2. The second-order valence-electron chi connectivity index (χ2n) is 14.6. The fourth-order valence-electron chi connectivity index (χ4n) is 6.18. The third-order valence-corrected chi connectivity index (χ3v) is 11.2. The number of ketones is 2. The summed E-state index contributed by atoms with van der Waals surface area (Å²) >= 11 is 3.36. The Balaban J connectivity index is 0.000000445. The molecule has 296 valence electrons. The number of carbonyl (C=O) groups excluding carboxylic acids is 2. The summed E-state index contributed by atoms with van der Waals surface area (Å²) in [7, 11) is 0. The number of unbranched alkanes of at least 4 members (excludes halogenated alkanes) is 20. The summed E-state index contributed by atoms with van der Waals surface area (Å²) in [5.41, 5.74) is 14.3. The van der Waals surface area contributed by atoms with Gasteiger partial charge in [-0.2, -0.15) is 0 Å². The molecule has 0 unspecified atom stereocenters. The molecule has 3 aromatic rings. The molecule has 0 saturated heterocycles. The molecule has 0 bridgehead atoms. The van der Waals surface area contributed by atoms with E-state index in [1.165, 1.54) is 140 Å². The van der Waals surface area contributed by atoms with E-state index in [0.29, 0.717) is 12.8 Å². The summed E-state index contributed by atoms with van der Waals surface area (Å²) in [5, 5.41) is 8.26. The number of hydrogen-bond acceptors (Lipinski definition) is 6. The van der Waals surface area contributed by atoms with Gasteiger partial charge in [0.2, 0.25) is 0 Å². The van der Waals surface area contributed by atoms with Crippen molar-refractivity contribution in [1.82, 2.24) is 9.97 Å². The molecule has 6 nitrogen and oxygen atoms in total. The van der Waals surface area contributed by atoms with E-state index >= 15 is 0 Å². The highest BCUT2D eigenvalue weighted by atomic mass is 32.1. The molecule has 3 heterocycles. The quantitative estimate of drug-likeness (QED) is 0.0541. The molecular weight excluding hydrogens is 681 g/mol. The van der Waals surface area contributed by atoms with Gasteiger partial charge < -0.3 is 11.5 Å². The lowest BCUT2D eigenvalue weighted by molar-refractivity contribution is -0.298. The molecular formula is C44H78N4O2S2+2. The fourth-order valence-corrected chi connectivity index (χ4v) is 7.55. The van der Waals surface area contributed by atoms with E-state index in [1.54, 1.807) is 22.7 Å². The van der Waals surface area contributed by atoms with E-state index < -0.39 is 0 Å². The highest BCUT2D eigenvalue weighted by molar-refractivity contribution is 7.09. The lowest BCUT2D eigenvalue weighted by atomic mass is 10.0. The molecule has 0 aliphatic rings. The van der Waals surface area contributed by atoms with Crippen LogP contribution in [-0.2, 0) is 22.4 Å². The molecule has 0 atom stereocenters. The monoisotopic (exact) mass is 759 g/mol. The van der Waals surface area contributed by atoms with Gasteiger partial charge in [0.15, 0.2) is 22.9 Å². The topological polar surface area (TPSA) is 115 Å². The van der Waals surface area contributed by atoms with Gasteiger partial charge >= 0.3 is 0 Å². The van der Waals surface area contributed by atoms with Gasteiger partial charge in [-0.05, 0) is 38.5 Å². The number of nitrogens with zero attached hydrogens (tertiary/aromatic N) is 2. The lowest BCUT2D eigenvalue weighted by Gasteiger charge is -2.09. The second-order valence-corrected chi connectivity index (χ2v) is 16.1. The first kappa shape index (κ1) is 48.0. The summed E-state index contributed by atoms with van der Waals surface area (Å²) < 4.78 is 0. The maximum Gasteiger partial charge on any atom is 0.200 e. The minimum absolute atomic E-state index is 0.131. The van der Waals surface area contributed by atoms with Crippen molar-refractivity contribution in [3.63, 3.8) is 0 Å². The van der Waals surface area contributed by atoms with Crippen molar-refractivity contribution in [2.24, 2.45) is 0 Å². The van der Waals surface area contributed by atoms with Gasteiger partial charge in [-0.25, -0.2) is 9.97 Å². The molecule has 52 heavy (non-hydrogen) atoms. The summed E-state index contributed by atoms with van der Waals surface area (Å²) in [6, 6.07) is 0.